The average molecular weight is 369 g/mol. The molecule has 0 fully saturated rings. The van der Waals surface area contributed by atoms with Crippen LogP contribution in [0.2, 0.25) is 0 Å². The summed E-state index contributed by atoms with van der Waals surface area (Å²) in [5.74, 6) is 0.403. The van der Waals surface area contributed by atoms with E-state index in [0.29, 0.717) is 18.7 Å². The first-order chi connectivity index (χ1) is 13.1. The number of aryl methyl sites for hydroxylation is 1. The van der Waals surface area contributed by atoms with Gasteiger partial charge in [-0.1, -0.05) is 31.6 Å². The Kier molecular flexibility index (Phi) is 7.34. The van der Waals surface area contributed by atoms with Crippen molar-refractivity contribution in [1.29, 1.82) is 0 Å². The Labute approximate surface area is 160 Å². The van der Waals surface area contributed by atoms with Gasteiger partial charge < -0.3 is 14.8 Å². The molecule has 3 rings (SSSR count). The highest BCUT2D eigenvalue weighted by atomic mass is 16.5. The molecule has 2 bridgehead atoms. The van der Waals surface area contributed by atoms with Crippen LogP contribution in [0.15, 0.2) is 42.0 Å². The number of benzene rings is 1. The summed E-state index contributed by atoms with van der Waals surface area (Å²) in [4.78, 5) is 24.0. The van der Waals surface area contributed by atoms with Crippen LogP contribution < -0.4 is 10.1 Å². The lowest BCUT2D eigenvalue weighted by Crippen LogP contribution is -2.36. The first-order valence-corrected chi connectivity index (χ1v) is 9.28. The molecule has 0 radical (unpaired) electrons. The lowest BCUT2D eigenvalue weighted by Gasteiger charge is -2.15. The van der Waals surface area contributed by atoms with Crippen molar-refractivity contribution in [1.82, 2.24) is 15.1 Å². The summed E-state index contributed by atoms with van der Waals surface area (Å²) in [5, 5.41) is 7.18. The topological polar surface area (TPSA) is 73.2 Å². The fraction of sp³-hybridized carbons (Fsp3) is 0.381. The first-order valence-electron chi connectivity index (χ1n) is 9.28. The van der Waals surface area contributed by atoms with Gasteiger partial charge >= 0.3 is 0 Å². The lowest BCUT2D eigenvalue weighted by molar-refractivity contribution is -0.109. The standard InChI is InChI=1S/C19H21N3O3.C2H6/c1-13-6-7-15(12-23)20-19(24)18-10-14(2)21-22(18)16-4-3-5-17(11-16)25-9-8-13;1-2/h3-6,10-12,15H,7-9H2,1-2H3,(H,20,24);1-2H3/b13-6+;/t15-;/m0./s1. The monoisotopic (exact) mass is 369 g/mol. The molecule has 0 unspecified atom stereocenters. The molecule has 1 aliphatic rings. The highest BCUT2D eigenvalue weighted by Crippen LogP contribution is 2.20. The molecule has 1 N–H and O–H groups in total. The number of fused-ring (bicyclic) bond motifs is 4. The van der Waals surface area contributed by atoms with Gasteiger partial charge in [-0.2, -0.15) is 5.10 Å². The van der Waals surface area contributed by atoms with Gasteiger partial charge in [0, 0.05) is 12.5 Å². The van der Waals surface area contributed by atoms with Gasteiger partial charge in [0.25, 0.3) is 5.91 Å². The van der Waals surface area contributed by atoms with Crippen LogP contribution >= 0.6 is 0 Å². The minimum atomic E-state index is -0.568. The van der Waals surface area contributed by atoms with Crippen molar-refractivity contribution in [3.63, 3.8) is 0 Å². The predicted molar refractivity (Wildman–Crippen MR) is 105 cm³/mol. The fourth-order valence-electron chi connectivity index (χ4n) is 2.71. The molecule has 1 aromatic carbocycles. The lowest BCUT2D eigenvalue weighted by atomic mass is 10.1. The Morgan fingerprint density at radius 3 is 2.78 bits per heavy atom. The summed E-state index contributed by atoms with van der Waals surface area (Å²) in [6.45, 7) is 8.37. The summed E-state index contributed by atoms with van der Waals surface area (Å²) in [6, 6.07) is 8.60. The van der Waals surface area contributed by atoms with Gasteiger partial charge in [-0.15, -0.1) is 0 Å². The van der Waals surface area contributed by atoms with E-state index in [1.54, 1.807) is 10.7 Å². The molecular formula is C21H27N3O3. The third kappa shape index (κ3) is 5.29. The van der Waals surface area contributed by atoms with Gasteiger partial charge in [0.1, 0.15) is 17.7 Å². The molecule has 6 nitrogen and oxygen atoms in total. The number of aldehydes is 1. The van der Waals surface area contributed by atoms with Crippen LogP contribution in [0, 0.1) is 6.92 Å². The molecule has 1 aromatic heterocycles. The van der Waals surface area contributed by atoms with E-state index >= 15 is 0 Å². The van der Waals surface area contributed by atoms with Crippen LogP contribution in [-0.2, 0) is 4.79 Å². The number of amides is 1. The maximum atomic E-state index is 12.7. The van der Waals surface area contributed by atoms with Gasteiger partial charge in [-0.05, 0) is 38.5 Å². The number of ether oxygens (including phenoxy) is 1. The molecule has 0 saturated heterocycles. The van der Waals surface area contributed by atoms with Gasteiger partial charge in [0.2, 0.25) is 0 Å². The van der Waals surface area contributed by atoms with E-state index in [9.17, 15) is 9.59 Å². The Morgan fingerprint density at radius 1 is 1.26 bits per heavy atom. The van der Waals surface area contributed by atoms with Gasteiger partial charge in [0.05, 0.1) is 24.0 Å². The molecule has 27 heavy (non-hydrogen) atoms. The zero-order chi connectivity index (χ0) is 19.8. The Morgan fingerprint density at radius 2 is 2.04 bits per heavy atom. The molecule has 144 valence electrons. The van der Waals surface area contributed by atoms with Crippen molar-refractivity contribution in [3.05, 3.63) is 53.4 Å². The van der Waals surface area contributed by atoms with Crippen LogP contribution in [0.25, 0.3) is 5.69 Å². The van der Waals surface area contributed by atoms with Crippen LogP contribution in [0.1, 0.15) is 49.8 Å². The molecule has 1 amide bonds. The first kappa shape index (κ1) is 20.4. The highest BCUT2D eigenvalue weighted by molar-refractivity contribution is 5.94. The summed E-state index contributed by atoms with van der Waals surface area (Å²) in [6.07, 6.45) is 3.95. The van der Waals surface area contributed by atoms with E-state index in [4.69, 9.17) is 4.74 Å². The average Bonchev–Trinajstić information content (AvgIpc) is 3.08. The highest BCUT2D eigenvalue weighted by Gasteiger charge is 2.19. The molecule has 0 spiro atoms. The van der Waals surface area contributed by atoms with Crippen LogP contribution in [0.5, 0.6) is 5.75 Å². The summed E-state index contributed by atoms with van der Waals surface area (Å²) >= 11 is 0. The van der Waals surface area contributed by atoms with Crippen molar-refractivity contribution in [2.75, 3.05) is 6.61 Å². The number of nitrogens with one attached hydrogen (secondary N) is 1. The van der Waals surface area contributed by atoms with E-state index in [1.807, 2.05) is 58.0 Å². The second-order valence-corrected chi connectivity index (χ2v) is 6.18. The maximum Gasteiger partial charge on any atom is 0.270 e. The molecule has 2 heterocycles. The molecule has 1 atom stereocenters. The van der Waals surface area contributed by atoms with Crippen LogP contribution in [0.3, 0.4) is 0 Å². The summed E-state index contributed by atoms with van der Waals surface area (Å²) < 4.78 is 7.39. The molecule has 2 aromatic rings. The van der Waals surface area contributed by atoms with E-state index < -0.39 is 6.04 Å². The Bertz CT molecular complexity index is 824. The molecule has 1 aliphatic heterocycles. The predicted octanol–water partition coefficient (Wildman–Crippen LogP) is 3.62. The van der Waals surface area contributed by atoms with Crippen LogP contribution in [0.4, 0.5) is 0 Å². The second kappa shape index (κ2) is 9.71. The number of hydrogen-bond donors (Lipinski definition) is 1. The van der Waals surface area contributed by atoms with Crippen molar-refractivity contribution < 1.29 is 14.3 Å². The smallest absolute Gasteiger partial charge is 0.270 e. The molecule has 0 saturated carbocycles. The normalized spacial score (nSPS) is 19.0. The minimum Gasteiger partial charge on any atom is -0.493 e. The third-order valence-electron chi connectivity index (χ3n) is 4.09. The van der Waals surface area contributed by atoms with E-state index in [-0.39, 0.29) is 5.91 Å². The number of carbonyl (C=O) groups excluding carboxylic acids is 2. The van der Waals surface area contributed by atoms with E-state index in [0.717, 1.165) is 35.4 Å². The van der Waals surface area contributed by atoms with Crippen molar-refractivity contribution in [3.8, 4) is 11.4 Å². The Balaban J connectivity index is 0.00000126. The largest absolute Gasteiger partial charge is 0.493 e. The Hall–Kier alpha value is -2.89. The van der Waals surface area contributed by atoms with Crippen molar-refractivity contribution in [2.24, 2.45) is 0 Å². The quantitative estimate of drug-likeness (QED) is 0.615. The SMILES string of the molecule is C/C1=C\C[C@@H](C=O)NC(=O)c2cc(C)nn2-c2cccc(c2)OCC1.CC. The summed E-state index contributed by atoms with van der Waals surface area (Å²) in [7, 11) is 0. The number of carbonyl (C=O) groups is 2. The van der Waals surface area contributed by atoms with Gasteiger partial charge in [-0.3, -0.25) is 4.79 Å². The zero-order valence-corrected chi connectivity index (χ0v) is 16.4. The van der Waals surface area contributed by atoms with Gasteiger partial charge in [-0.25, -0.2) is 4.68 Å². The van der Waals surface area contributed by atoms with E-state index in [1.165, 1.54) is 0 Å². The van der Waals surface area contributed by atoms with Crippen molar-refractivity contribution in [2.45, 2.75) is 46.6 Å². The minimum absolute atomic E-state index is 0.327. The number of nitrogens with zero attached hydrogens (tertiary/aromatic N) is 2. The summed E-state index contributed by atoms with van der Waals surface area (Å²) in [5.41, 5.74) is 2.97. The van der Waals surface area contributed by atoms with Crippen molar-refractivity contribution >= 4 is 12.2 Å². The second-order valence-electron chi connectivity index (χ2n) is 6.18. The van der Waals surface area contributed by atoms with Gasteiger partial charge in [0.15, 0.2) is 0 Å². The van der Waals surface area contributed by atoms with Crippen LogP contribution in [-0.4, -0.2) is 34.6 Å². The number of aromatic nitrogens is 2. The van der Waals surface area contributed by atoms with E-state index in [2.05, 4.69) is 10.4 Å². The molecule has 0 aliphatic carbocycles. The number of hydrogen-bond acceptors (Lipinski definition) is 4. The molecular weight excluding hydrogens is 342 g/mol. The third-order valence-corrected chi connectivity index (χ3v) is 4.09. The molecule has 6 heteroatoms. The number of rotatable bonds is 1. The maximum absolute atomic E-state index is 12.7. The zero-order valence-electron chi connectivity index (χ0n) is 16.4. The fourth-order valence-corrected chi connectivity index (χ4v) is 2.71.